The number of nitrogens with zero attached hydrogens (tertiary/aromatic N) is 1. The zero-order chi connectivity index (χ0) is 19.2. The molecule has 1 saturated heterocycles. The molecule has 1 amide bonds. The number of likely N-dealkylation sites (N-methyl/N-ethyl adjacent to an activating group) is 1. The molecule has 2 aromatic carbocycles. The smallest absolute Gasteiger partial charge is 0.262 e. The van der Waals surface area contributed by atoms with Gasteiger partial charge in [0.25, 0.3) is 5.91 Å². The van der Waals surface area contributed by atoms with Gasteiger partial charge in [-0.3, -0.25) is 4.79 Å². The fourth-order valence-electron chi connectivity index (χ4n) is 3.41. The Morgan fingerprint density at radius 1 is 1.11 bits per heavy atom. The highest BCUT2D eigenvalue weighted by molar-refractivity contribution is 5.95. The molecule has 1 aliphatic heterocycles. The van der Waals surface area contributed by atoms with E-state index < -0.39 is 0 Å². The van der Waals surface area contributed by atoms with Crippen molar-refractivity contribution in [3.8, 4) is 5.75 Å². The fraction of sp³-hybridized carbons (Fsp3) is 0.409. The van der Waals surface area contributed by atoms with Crippen molar-refractivity contribution < 1.29 is 14.4 Å². The fourth-order valence-corrected chi connectivity index (χ4v) is 3.41. The number of hydrogen-bond acceptors (Lipinski definition) is 3. The zero-order valence-corrected chi connectivity index (χ0v) is 16.5. The van der Waals surface area contributed by atoms with Crippen molar-refractivity contribution in [2.45, 2.75) is 20.8 Å². The van der Waals surface area contributed by atoms with E-state index in [-0.39, 0.29) is 12.5 Å². The van der Waals surface area contributed by atoms with E-state index in [1.807, 2.05) is 43.3 Å². The zero-order valence-electron chi connectivity index (χ0n) is 16.5. The molecule has 0 bridgehead atoms. The Kier molecular flexibility index (Phi) is 6.35. The summed E-state index contributed by atoms with van der Waals surface area (Å²) >= 11 is 0. The maximum Gasteiger partial charge on any atom is 0.262 e. The van der Waals surface area contributed by atoms with Crippen LogP contribution in [0.2, 0.25) is 0 Å². The third-order valence-electron chi connectivity index (χ3n) is 5.34. The number of aryl methyl sites for hydroxylation is 2. The van der Waals surface area contributed by atoms with Crippen molar-refractivity contribution in [2.75, 3.05) is 49.5 Å². The van der Waals surface area contributed by atoms with Gasteiger partial charge in [0.05, 0.1) is 44.1 Å². The summed E-state index contributed by atoms with van der Waals surface area (Å²) < 4.78 is 5.66. The van der Waals surface area contributed by atoms with Crippen LogP contribution in [0.15, 0.2) is 42.5 Å². The lowest BCUT2D eigenvalue weighted by molar-refractivity contribution is -0.898. The number of benzene rings is 2. The summed E-state index contributed by atoms with van der Waals surface area (Å²) in [5.41, 5.74) is 4.32. The second-order valence-electron chi connectivity index (χ2n) is 7.19. The molecule has 0 atom stereocenters. The lowest BCUT2D eigenvalue weighted by atomic mass is 10.1. The number of ether oxygens (including phenoxy) is 1. The number of rotatable bonds is 6. The highest BCUT2D eigenvalue weighted by Crippen LogP contribution is 2.25. The van der Waals surface area contributed by atoms with Gasteiger partial charge in [-0.05, 0) is 56.2 Å². The van der Waals surface area contributed by atoms with Gasteiger partial charge in [-0.25, -0.2) is 0 Å². The van der Waals surface area contributed by atoms with E-state index >= 15 is 0 Å². The molecule has 0 aromatic heterocycles. The second kappa shape index (κ2) is 8.91. The van der Waals surface area contributed by atoms with Crippen LogP contribution in [-0.4, -0.2) is 45.2 Å². The molecule has 1 fully saturated rings. The van der Waals surface area contributed by atoms with Crippen LogP contribution in [0.5, 0.6) is 5.75 Å². The number of hydrogen-bond donors (Lipinski definition) is 2. The molecule has 1 aliphatic rings. The number of para-hydroxylation sites is 2. The van der Waals surface area contributed by atoms with Crippen molar-refractivity contribution in [1.82, 2.24) is 0 Å². The predicted molar refractivity (Wildman–Crippen MR) is 110 cm³/mol. The van der Waals surface area contributed by atoms with Crippen LogP contribution in [0.3, 0.4) is 0 Å². The van der Waals surface area contributed by atoms with Crippen molar-refractivity contribution >= 4 is 17.3 Å². The lowest BCUT2D eigenvalue weighted by Gasteiger charge is -2.34. The summed E-state index contributed by atoms with van der Waals surface area (Å²) in [5, 5.41) is 3.02. The van der Waals surface area contributed by atoms with E-state index in [0.717, 1.165) is 48.9 Å². The van der Waals surface area contributed by atoms with E-state index in [9.17, 15) is 4.79 Å². The monoisotopic (exact) mass is 368 g/mol. The number of carbonyl (C=O) groups is 1. The minimum Gasteiger partial charge on any atom is -0.484 e. The van der Waals surface area contributed by atoms with Gasteiger partial charge in [0.2, 0.25) is 0 Å². The Hall–Kier alpha value is -2.53. The van der Waals surface area contributed by atoms with Gasteiger partial charge in [0.1, 0.15) is 5.75 Å². The van der Waals surface area contributed by atoms with Gasteiger partial charge < -0.3 is 19.9 Å². The Morgan fingerprint density at radius 2 is 1.85 bits per heavy atom. The average Bonchev–Trinajstić information content (AvgIpc) is 2.69. The molecule has 0 radical (unpaired) electrons. The second-order valence-corrected chi connectivity index (χ2v) is 7.19. The quantitative estimate of drug-likeness (QED) is 0.820. The van der Waals surface area contributed by atoms with Crippen LogP contribution >= 0.6 is 0 Å². The third kappa shape index (κ3) is 5.01. The van der Waals surface area contributed by atoms with Crippen LogP contribution in [-0.2, 0) is 4.79 Å². The molecular formula is C22H30N3O2+. The summed E-state index contributed by atoms with van der Waals surface area (Å²) in [6, 6.07) is 13.9. The molecular weight excluding hydrogens is 338 g/mol. The Bertz CT molecular complexity index is 783. The van der Waals surface area contributed by atoms with E-state index in [1.165, 1.54) is 12.1 Å². The summed E-state index contributed by atoms with van der Waals surface area (Å²) in [7, 11) is 0. The molecule has 0 aliphatic carbocycles. The van der Waals surface area contributed by atoms with Gasteiger partial charge in [0, 0.05) is 0 Å². The summed E-state index contributed by atoms with van der Waals surface area (Å²) in [4.78, 5) is 16.4. The van der Waals surface area contributed by atoms with Crippen molar-refractivity contribution in [3.05, 3.63) is 53.6 Å². The third-order valence-corrected chi connectivity index (χ3v) is 5.34. The van der Waals surface area contributed by atoms with E-state index in [1.54, 1.807) is 4.90 Å². The minimum absolute atomic E-state index is 0.00456. The maximum atomic E-state index is 12.4. The van der Waals surface area contributed by atoms with Crippen molar-refractivity contribution in [2.24, 2.45) is 0 Å². The summed E-state index contributed by atoms with van der Waals surface area (Å²) in [6.45, 7) is 11.8. The van der Waals surface area contributed by atoms with Crippen LogP contribution in [0.1, 0.15) is 18.1 Å². The van der Waals surface area contributed by atoms with Crippen molar-refractivity contribution in [1.29, 1.82) is 0 Å². The normalized spacial score (nSPS) is 14.9. The number of quaternary nitrogens is 1. The van der Waals surface area contributed by atoms with E-state index in [0.29, 0.717) is 0 Å². The molecule has 27 heavy (non-hydrogen) atoms. The molecule has 5 nitrogen and oxygen atoms in total. The first-order valence-electron chi connectivity index (χ1n) is 9.74. The van der Waals surface area contributed by atoms with Crippen LogP contribution in [0, 0.1) is 13.8 Å². The molecule has 2 N–H and O–H groups in total. The van der Waals surface area contributed by atoms with Gasteiger partial charge in [-0.2, -0.15) is 0 Å². The van der Waals surface area contributed by atoms with Gasteiger partial charge >= 0.3 is 0 Å². The molecule has 0 unspecified atom stereocenters. The van der Waals surface area contributed by atoms with Crippen LogP contribution in [0.4, 0.5) is 11.4 Å². The number of amides is 1. The van der Waals surface area contributed by atoms with Crippen molar-refractivity contribution in [3.63, 3.8) is 0 Å². The van der Waals surface area contributed by atoms with Gasteiger partial charge in [-0.1, -0.05) is 18.2 Å². The molecule has 0 saturated carbocycles. The summed E-state index contributed by atoms with van der Waals surface area (Å²) in [6.07, 6.45) is 0. The Morgan fingerprint density at radius 3 is 2.56 bits per heavy atom. The highest BCUT2D eigenvalue weighted by atomic mass is 16.5. The summed E-state index contributed by atoms with van der Waals surface area (Å²) in [5.74, 6) is 0.582. The van der Waals surface area contributed by atoms with Crippen LogP contribution in [0.25, 0.3) is 0 Å². The largest absolute Gasteiger partial charge is 0.484 e. The predicted octanol–water partition coefficient (Wildman–Crippen LogP) is 2.05. The molecule has 3 rings (SSSR count). The molecule has 2 aromatic rings. The number of carbonyl (C=O) groups excluding carboxylic acids is 1. The molecule has 1 heterocycles. The molecule has 5 heteroatoms. The Balaban J connectivity index is 1.60. The lowest BCUT2D eigenvalue weighted by Crippen LogP contribution is -3.14. The van der Waals surface area contributed by atoms with E-state index in [2.05, 4.69) is 30.1 Å². The first-order valence-corrected chi connectivity index (χ1v) is 9.74. The SMILES string of the molecule is CC[NH+]1CCN(c2ccccc2NC(=O)COc2ccc(C)c(C)c2)CC1. The highest BCUT2D eigenvalue weighted by Gasteiger charge is 2.21. The average molecular weight is 369 g/mol. The topological polar surface area (TPSA) is 46.0 Å². The first-order chi connectivity index (χ1) is 13.1. The standard InChI is InChI=1S/C22H29N3O2/c1-4-24-11-13-25(14-12-24)21-8-6-5-7-20(21)23-22(26)16-27-19-10-9-17(2)18(3)15-19/h5-10,15H,4,11-14,16H2,1-3H3,(H,23,26)/p+1. The molecule has 144 valence electrons. The van der Waals surface area contributed by atoms with Crippen LogP contribution < -0.4 is 19.9 Å². The number of piperazine rings is 1. The van der Waals surface area contributed by atoms with Gasteiger partial charge in [-0.15, -0.1) is 0 Å². The van der Waals surface area contributed by atoms with Gasteiger partial charge in [0.15, 0.2) is 6.61 Å². The molecule has 0 spiro atoms. The Labute approximate surface area is 161 Å². The number of nitrogens with one attached hydrogen (secondary N) is 2. The number of anilines is 2. The van der Waals surface area contributed by atoms with E-state index in [4.69, 9.17) is 4.74 Å². The minimum atomic E-state index is -0.140. The maximum absolute atomic E-state index is 12.4. The first kappa shape index (κ1) is 19.2.